The summed E-state index contributed by atoms with van der Waals surface area (Å²) < 4.78 is 53.0. The van der Waals surface area contributed by atoms with E-state index in [-0.39, 0.29) is 17.8 Å². The average molecular weight is 557 g/mol. The van der Waals surface area contributed by atoms with Gasteiger partial charge in [-0.1, -0.05) is 13.0 Å². The molecule has 1 aromatic heterocycles. The predicted octanol–water partition coefficient (Wildman–Crippen LogP) is 5.48. The van der Waals surface area contributed by atoms with Gasteiger partial charge in [0.1, 0.15) is 18.1 Å². The van der Waals surface area contributed by atoms with Crippen LogP contribution in [0.4, 0.5) is 35.2 Å². The molecule has 0 spiro atoms. The van der Waals surface area contributed by atoms with E-state index in [4.69, 9.17) is 9.47 Å². The zero-order chi connectivity index (χ0) is 28.1. The zero-order valence-electron chi connectivity index (χ0n) is 22.1. The van der Waals surface area contributed by atoms with Gasteiger partial charge < -0.3 is 30.3 Å². The number of carbonyl (C=O) groups is 1. The van der Waals surface area contributed by atoms with E-state index >= 15 is 0 Å². The number of piperazine rings is 1. The van der Waals surface area contributed by atoms with E-state index in [2.05, 4.69) is 32.8 Å². The third-order valence-corrected chi connectivity index (χ3v) is 6.81. The van der Waals surface area contributed by atoms with Gasteiger partial charge in [0, 0.05) is 50.2 Å². The molecule has 1 fully saturated rings. The Morgan fingerprint density at radius 1 is 1.00 bits per heavy atom. The maximum Gasteiger partial charge on any atom is 0.416 e. The monoisotopic (exact) mass is 556 g/mol. The Hall–Kier alpha value is -4.03. The van der Waals surface area contributed by atoms with Gasteiger partial charge in [0.15, 0.2) is 11.6 Å². The second-order valence-corrected chi connectivity index (χ2v) is 9.58. The Kier molecular flexibility index (Phi) is 8.27. The molecule has 3 N–H and O–H groups in total. The first kappa shape index (κ1) is 27.5. The van der Waals surface area contributed by atoms with Gasteiger partial charge in [0.25, 0.3) is 0 Å². The third kappa shape index (κ3) is 6.93. The van der Waals surface area contributed by atoms with Crippen molar-refractivity contribution < 1.29 is 27.4 Å². The van der Waals surface area contributed by atoms with E-state index < -0.39 is 17.8 Å². The molecule has 3 heterocycles. The molecule has 2 amide bonds. The minimum absolute atomic E-state index is 0.0564. The van der Waals surface area contributed by atoms with Gasteiger partial charge in [-0.15, -0.1) is 0 Å². The fourth-order valence-corrected chi connectivity index (χ4v) is 4.65. The van der Waals surface area contributed by atoms with Crippen molar-refractivity contribution in [3.05, 3.63) is 65.9 Å². The van der Waals surface area contributed by atoms with Crippen LogP contribution in [0.1, 0.15) is 18.1 Å². The largest absolute Gasteiger partial charge is 0.488 e. The highest BCUT2D eigenvalue weighted by Crippen LogP contribution is 2.35. The lowest BCUT2D eigenvalue weighted by atomic mass is 10.0. The minimum Gasteiger partial charge on any atom is -0.488 e. The Balaban J connectivity index is 1.18. The van der Waals surface area contributed by atoms with E-state index in [1.54, 1.807) is 36.5 Å². The number of urea groups is 1. The van der Waals surface area contributed by atoms with Crippen molar-refractivity contribution in [3.63, 3.8) is 0 Å². The molecule has 2 aliphatic heterocycles. The molecule has 1 saturated heterocycles. The molecule has 2 aliphatic rings. The highest BCUT2D eigenvalue weighted by atomic mass is 19.4. The van der Waals surface area contributed by atoms with E-state index in [1.165, 1.54) is 12.1 Å². The van der Waals surface area contributed by atoms with Crippen LogP contribution in [0.25, 0.3) is 0 Å². The van der Waals surface area contributed by atoms with Crippen LogP contribution in [0, 0.1) is 0 Å². The van der Waals surface area contributed by atoms with Gasteiger partial charge in [-0.05, 0) is 48.5 Å². The molecule has 0 radical (unpaired) electrons. The summed E-state index contributed by atoms with van der Waals surface area (Å²) in [6.07, 6.45) is -2.96. The first-order valence-corrected chi connectivity index (χ1v) is 13.1. The van der Waals surface area contributed by atoms with Gasteiger partial charge in [-0.2, -0.15) is 13.2 Å². The molecule has 0 atom stereocenters. The molecule has 212 valence electrons. The number of alkyl halides is 3. The molecular formula is C28H31F3N6O3. The fraction of sp³-hybridized carbons (Fsp3) is 0.357. The van der Waals surface area contributed by atoms with Crippen LogP contribution >= 0.6 is 0 Å². The van der Waals surface area contributed by atoms with Crippen LogP contribution in [-0.4, -0.2) is 66.7 Å². The Morgan fingerprint density at radius 3 is 2.42 bits per heavy atom. The standard InChI is InChI=1S/C28H31F3N6O3/c1-2-36-10-12-37(13-11-36)18-19-3-4-21(15-24(19)28(29,30)31)35-27(38)34-20-5-7-22(8-6-20)40-23-16-25-26(33-17-23)32-9-14-39-25/h3-8,15-17H,2,9-14,18H2,1H3,(H,32,33)(H2,34,35,38). The molecule has 3 aromatic rings. The quantitative estimate of drug-likeness (QED) is 0.355. The van der Waals surface area contributed by atoms with Crippen LogP contribution < -0.4 is 25.4 Å². The molecule has 40 heavy (non-hydrogen) atoms. The number of aromatic nitrogens is 1. The highest BCUT2D eigenvalue weighted by molar-refractivity contribution is 5.99. The van der Waals surface area contributed by atoms with Crippen molar-refractivity contribution in [2.24, 2.45) is 0 Å². The summed E-state index contributed by atoms with van der Waals surface area (Å²) in [6, 6.07) is 11.6. The van der Waals surface area contributed by atoms with Crippen molar-refractivity contribution >= 4 is 23.2 Å². The maximum atomic E-state index is 13.9. The maximum absolute atomic E-state index is 13.9. The Morgan fingerprint density at radius 2 is 1.70 bits per heavy atom. The number of fused-ring (bicyclic) bond motifs is 1. The first-order valence-electron chi connectivity index (χ1n) is 13.1. The zero-order valence-corrected chi connectivity index (χ0v) is 22.1. The summed E-state index contributed by atoms with van der Waals surface area (Å²) in [4.78, 5) is 21.1. The number of ether oxygens (including phenoxy) is 2. The number of anilines is 3. The number of hydrogen-bond acceptors (Lipinski definition) is 7. The summed E-state index contributed by atoms with van der Waals surface area (Å²) in [5.74, 6) is 2.27. The van der Waals surface area contributed by atoms with Gasteiger partial charge in [-0.25, -0.2) is 9.78 Å². The topological polar surface area (TPSA) is 91.0 Å². The number of nitrogens with one attached hydrogen (secondary N) is 3. The summed E-state index contributed by atoms with van der Waals surface area (Å²) >= 11 is 0. The van der Waals surface area contributed by atoms with E-state index in [0.29, 0.717) is 55.0 Å². The van der Waals surface area contributed by atoms with Crippen LogP contribution in [-0.2, 0) is 12.7 Å². The molecule has 5 rings (SSSR count). The number of rotatable bonds is 7. The van der Waals surface area contributed by atoms with Gasteiger partial charge in [-0.3, -0.25) is 4.90 Å². The first-order chi connectivity index (χ1) is 19.3. The SMILES string of the molecule is CCN1CCN(Cc2ccc(NC(=O)Nc3ccc(Oc4cnc5c(c4)OCCN5)cc3)cc2C(F)(F)F)CC1. The molecule has 0 unspecified atom stereocenters. The smallest absolute Gasteiger partial charge is 0.416 e. The Bertz CT molecular complexity index is 1330. The van der Waals surface area contributed by atoms with E-state index in [0.717, 1.165) is 25.7 Å². The molecule has 0 bridgehead atoms. The molecule has 12 heteroatoms. The second-order valence-electron chi connectivity index (χ2n) is 9.58. The molecule has 0 aliphatic carbocycles. The number of hydrogen-bond donors (Lipinski definition) is 3. The average Bonchev–Trinajstić information content (AvgIpc) is 2.95. The number of amides is 2. The second kappa shape index (κ2) is 12.0. The van der Waals surface area contributed by atoms with Gasteiger partial charge in [0.05, 0.1) is 18.3 Å². The summed E-state index contributed by atoms with van der Waals surface area (Å²) in [6.45, 7) is 7.55. The van der Waals surface area contributed by atoms with Crippen molar-refractivity contribution in [3.8, 4) is 17.2 Å². The normalized spacial score (nSPS) is 15.9. The summed E-state index contributed by atoms with van der Waals surface area (Å²) in [7, 11) is 0. The number of pyridine rings is 1. The fourth-order valence-electron chi connectivity index (χ4n) is 4.65. The number of carbonyl (C=O) groups excluding carboxylic acids is 1. The summed E-state index contributed by atoms with van der Waals surface area (Å²) in [5, 5.41) is 8.26. The number of likely N-dealkylation sites (N-methyl/N-ethyl adjacent to an activating group) is 1. The molecular weight excluding hydrogens is 525 g/mol. The molecule has 2 aromatic carbocycles. The Labute approximate surface area is 230 Å². The number of nitrogens with zero attached hydrogens (tertiary/aromatic N) is 3. The molecule has 9 nitrogen and oxygen atoms in total. The van der Waals surface area contributed by atoms with Crippen molar-refractivity contribution in [1.29, 1.82) is 0 Å². The lowest BCUT2D eigenvalue weighted by Gasteiger charge is -2.34. The van der Waals surface area contributed by atoms with Crippen LogP contribution in [0.15, 0.2) is 54.7 Å². The predicted molar refractivity (Wildman–Crippen MR) is 146 cm³/mol. The van der Waals surface area contributed by atoms with E-state index in [1.807, 2.05) is 4.90 Å². The van der Waals surface area contributed by atoms with Crippen LogP contribution in [0.3, 0.4) is 0 Å². The number of benzene rings is 2. The lowest BCUT2D eigenvalue weighted by Crippen LogP contribution is -2.45. The van der Waals surface area contributed by atoms with E-state index in [9.17, 15) is 18.0 Å². The van der Waals surface area contributed by atoms with Crippen molar-refractivity contribution in [2.45, 2.75) is 19.6 Å². The number of halogens is 3. The summed E-state index contributed by atoms with van der Waals surface area (Å²) in [5.41, 5.74) is -0.0562. The van der Waals surface area contributed by atoms with Crippen LogP contribution in [0.2, 0.25) is 0 Å². The van der Waals surface area contributed by atoms with Crippen molar-refractivity contribution in [2.75, 3.05) is 61.8 Å². The van der Waals surface area contributed by atoms with Crippen molar-refractivity contribution in [1.82, 2.24) is 14.8 Å². The van der Waals surface area contributed by atoms with Gasteiger partial charge >= 0.3 is 12.2 Å². The van der Waals surface area contributed by atoms with Crippen LogP contribution in [0.5, 0.6) is 17.2 Å². The highest BCUT2D eigenvalue weighted by Gasteiger charge is 2.34. The minimum atomic E-state index is -4.54. The molecule has 0 saturated carbocycles. The lowest BCUT2D eigenvalue weighted by molar-refractivity contribution is -0.138. The van der Waals surface area contributed by atoms with Gasteiger partial charge in [0.2, 0.25) is 0 Å². The third-order valence-electron chi connectivity index (χ3n) is 6.81.